The minimum atomic E-state index is 0.828. The molecule has 0 N–H and O–H groups in total. The Labute approximate surface area is 112 Å². The largest absolute Gasteiger partial charge is 0.295 e. The van der Waals surface area contributed by atoms with E-state index in [2.05, 4.69) is 39.5 Å². The normalized spacial score (nSPS) is 15.2. The molecule has 2 aromatic heterocycles. The summed E-state index contributed by atoms with van der Waals surface area (Å²) in [6.45, 7) is 2.28. The third kappa shape index (κ3) is 3.18. The molecule has 94 valence electrons. The summed E-state index contributed by atoms with van der Waals surface area (Å²) >= 11 is 1.87. The Morgan fingerprint density at radius 2 is 2.06 bits per heavy atom. The first-order valence-electron chi connectivity index (χ1n) is 6.57. The summed E-state index contributed by atoms with van der Waals surface area (Å²) in [4.78, 5) is 8.18. The van der Waals surface area contributed by atoms with Crippen LogP contribution in [0, 0.1) is 0 Å². The summed E-state index contributed by atoms with van der Waals surface area (Å²) in [7, 11) is 0. The molecule has 2 aromatic rings. The van der Waals surface area contributed by atoms with Crippen LogP contribution in [-0.2, 0) is 13.0 Å². The summed E-state index contributed by atoms with van der Waals surface area (Å²) in [6.07, 6.45) is 7.65. The van der Waals surface area contributed by atoms with E-state index in [0.29, 0.717) is 0 Å². The van der Waals surface area contributed by atoms with Crippen LogP contribution in [0.15, 0.2) is 42.0 Å². The van der Waals surface area contributed by atoms with Crippen molar-refractivity contribution in [2.24, 2.45) is 0 Å². The number of hydrogen-bond acceptors (Lipinski definition) is 3. The molecule has 1 fully saturated rings. The molecule has 0 aromatic carbocycles. The Morgan fingerprint density at radius 1 is 1.22 bits per heavy atom. The molecule has 0 spiro atoms. The first-order chi connectivity index (χ1) is 8.92. The van der Waals surface area contributed by atoms with Gasteiger partial charge in [-0.15, -0.1) is 11.3 Å². The summed E-state index contributed by atoms with van der Waals surface area (Å²) in [5.41, 5.74) is 1.39. The van der Waals surface area contributed by atoms with Gasteiger partial charge in [-0.3, -0.25) is 9.88 Å². The summed E-state index contributed by atoms with van der Waals surface area (Å²) in [5, 5.41) is 2.17. The van der Waals surface area contributed by atoms with Gasteiger partial charge in [-0.05, 0) is 48.4 Å². The molecule has 3 heteroatoms. The van der Waals surface area contributed by atoms with E-state index < -0.39 is 0 Å². The van der Waals surface area contributed by atoms with Crippen molar-refractivity contribution in [3.8, 4) is 0 Å². The smallest absolute Gasteiger partial charge is 0.0330 e. The second kappa shape index (κ2) is 5.63. The van der Waals surface area contributed by atoms with Crippen LogP contribution in [0.2, 0.25) is 0 Å². The van der Waals surface area contributed by atoms with E-state index in [9.17, 15) is 0 Å². The van der Waals surface area contributed by atoms with Gasteiger partial charge in [0, 0.05) is 36.4 Å². The molecule has 0 bridgehead atoms. The zero-order chi connectivity index (χ0) is 12.2. The first kappa shape index (κ1) is 11.9. The van der Waals surface area contributed by atoms with Gasteiger partial charge >= 0.3 is 0 Å². The zero-order valence-electron chi connectivity index (χ0n) is 10.5. The van der Waals surface area contributed by atoms with Crippen molar-refractivity contribution in [1.29, 1.82) is 0 Å². The minimum absolute atomic E-state index is 0.828. The SMILES string of the molecule is c1csc(CN(CCc2ccncc2)C2CC2)c1. The van der Waals surface area contributed by atoms with E-state index >= 15 is 0 Å². The third-order valence-corrected chi connectivity index (χ3v) is 4.30. The van der Waals surface area contributed by atoms with E-state index in [1.165, 1.54) is 23.3 Å². The van der Waals surface area contributed by atoms with E-state index in [1.54, 1.807) is 0 Å². The number of hydrogen-bond donors (Lipinski definition) is 0. The van der Waals surface area contributed by atoms with Crippen LogP contribution in [-0.4, -0.2) is 22.5 Å². The predicted octanol–water partition coefficient (Wildman–Crippen LogP) is 3.35. The van der Waals surface area contributed by atoms with Gasteiger partial charge in [-0.2, -0.15) is 0 Å². The van der Waals surface area contributed by atoms with E-state index in [0.717, 1.165) is 25.6 Å². The molecule has 0 aliphatic heterocycles. The maximum absolute atomic E-state index is 4.07. The Morgan fingerprint density at radius 3 is 2.72 bits per heavy atom. The summed E-state index contributed by atoms with van der Waals surface area (Å²) < 4.78 is 0. The molecule has 0 atom stereocenters. The molecule has 0 unspecified atom stereocenters. The maximum Gasteiger partial charge on any atom is 0.0330 e. The highest BCUT2D eigenvalue weighted by atomic mass is 32.1. The van der Waals surface area contributed by atoms with Gasteiger partial charge in [0.2, 0.25) is 0 Å². The lowest BCUT2D eigenvalue weighted by Gasteiger charge is -2.21. The first-order valence-corrected chi connectivity index (χ1v) is 7.45. The van der Waals surface area contributed by atoms with Gasteiger partial charge < -0.3 is 0 Å². The van der Waals surface area contributed by atoms with Crippen molar-refractivity contribution in [3.63, 3.8) is 0 Å². The number of thiophene rings is 1. The van der Waals surface area contributed by atoms with Crippen molar-refractivity contribution in [2.75, 3.05) is 6.54 Å². The van der Waals surface area contributed by atoms with Crippen molar-refractivity contribution in [2.45, 2.75) is 31.8 Å². The molecule has 1 aliphatic rings. The Bertz CT molecular complexity index is 463. The lowest BCUT2D eigenvalue weighted by Crippen LogP contribution is -2.27. The van der Waals surface area contributed by atoms with Crippen molar-refractivity contribution < 1.29 is 0 Å². The van der Waals surface area contributed by atoms with Crippen LogP contribution in [0.3, 0.4) is 0 Å². The lowest BCUT2D eigenvalue weighted by molar-refractivity contribution is 0.260. The van der Waals surface area contributed by atoms with Gasteiger partial charge in [-0.1, -0.05) is 6.07 Å². The second-order valence-electron chi connectivity index (χ2n) is 4.89. The molecule has 3 rings (SSSR count). The monoisotopic (exact) mass is 258 g/mol. The van der Waals surface area contributed by atoms with Gasteiger partial charge in [-0.25, -0.2) is 0 Å². The highest BCUT2D eigenvalue weighted by Gasteiger charge is 2.28. The van der Waals surface area contributed by atoms with Gasteiger partial charge in [0.25, 0.3) is 0 Å². The Balaban J connectivity index is 1.57. The third-order valence-electron chi connectivity index (χ3n) is 3.44. The molecule has 1 aliphatic carbocycles. The Hall–Kier alpha value is -1.19. The molecule has 1 saturated carbocycles. The van der Waals surface area contributed by atoms with Crippen LogP contribution in [0.4, 0.5) is 0 Å². The van der Waals surface area contributed by atoms with E-state index in [1.807, 2.05) is 23.7 Å². The van der Waals surface area contributed by atoms with Crippen LogP contribution in [0.1, 0.15) is 23.3 Å². The molecule has 2 heterocycles. The van der Waals surface area contributed by atoms with E-state index in [4.69, 9.17) is 0 Å². The standard InChI is InChI=1S/C15H18N2S/c1-2-15(18-11-1)12-17(14-3-4-14)10-7-13-5-8-16-9-6-13/h1-2,5-6,8-9,11,14H,3-4,7,10,12H2. The van der Waals surface area contributed by atoms with Crippen LogP contribution < -0.4 is 0 Å². The minimum Gasteiger partial charge on any atom is -0.295 e. The molecular weight excluding hydrogens is 240 g/mol. The quantitative estimate of drug-likeness (QED) is 0.790. The fraction of sp³-hybridized carbons (Fsp3) is 0.400. The van der Waals surface area contributed by atoms with Crippen LogP contribution >= 0.6 is 11.3 Å². The van der Waals surface area contributed by atoms with Crippen molar-refractivity contribution in [1.82, 2.24) is 9.88 Å². The van der Waals surface area contributed by atoms with Crippen molar-refractivity contribution in [3.05, 3.63) is 52.5 Å². The molecule has 0 saturated heterocycles. The van der Waals surface area contributed by atoms with Gasteiger partial charge in [0.15, 0.2) is 0 Å². The molecular formula is C15H18N2S. The fourth-order valence-corrected chi connectivity index (χ4v) is 2.98. The number of pyridine rings is 1. The predicted molar refractivity (Wildman–Crippen MR) is 75.7 cm³/mol. The van der Waals surface area contributed by atoms with Gasteiger partial charge in [0.1, 0.15) is 0 Å². The molecule has 18 heavy (non-hydrogen) atoms. The van der Waals surface area contributed by atoms with Crippen molar-refractivity contribution >= 4 is 11.3 Å². The van der Waals surface area contributed by atoms with Crippen LogP contribution in [0.25, 0.3) is 0 Å². The summed E-state index contributed by atoms with van der Waals surface area (Å²) in [5.74, 6) is 0. The highest BCUT2D eigenvalue weighted by molar-refractivity contribution is 7.09. The summed E-state index contributed by atoms with van der Waals surface area (Å²) in [6, 6.07) is 9.46. The van der Waals surface area contributed by atoms with Crippen LogP contribution in [0.5, 0.6) is 0 Å². The van der Waals surface area contributed by atoms with Gasteiger partial charge in [0.05, 0.1) is 0 Å². The molecule has 2 nitrogen and oxygen atoms in total. The number of aromatic nitrogens is 1. The zero-order valence-corrected chi connectivity index (χ0v) is 11.3. The fourth-order valence-electron chi connectivity index (χ4n) is 2.26. The van der Waals surface area contributed by atoms with E-state index in [-0.39, 0.29) is 0 Å². The average molecular weight is 258 g/mol. The average Bonchev–Trinajstić information content (AvgIpc) is 3.13. The number of nitrogens with zero attached hydrogens (tertiary/aromatic N) is 2. The maximum atomic E-state index is 4.07. The lowest BCUT2D eigenvalue weighted by atomic mass is 10.2. The second-order valence-corrected chi connectivity index (χ2v) is 5.92. The molecule has 0 radical (unpaired) electrons. The topological polar surface area (TPSA) is 16.1 Å². The Kier molecular flexibility index (Phi) is 3.72. The number of rotatable bonds is 6. The highest BCUT2D eigenvalue weighted by Crippen LogP contribution is 2.29. The molecule has 0 amide bonds.